The van der Waals surface area contributed by atoms with E-state index in [0.29, 0.717) is 32.2 Å². The Hall–Kier alpha value is -1.60. The fraction of sp³-hybridized carbons (Fsp3) is 0.765. The molecule has 7 nitrogen and oxygen atoms in total. The van der Waals surface area contributed by atoms with Crippen LogP contribution in [0.15, 0.2) is 10.6 Å². The summed E-state index contributed by atoms with van der Waals surface area (Å²) >= 11 is 0. The minimum atomic E-state index is 0.0441. The maximum atomic E-state index is 12.3. The van der Waals surface area contributed by atoms with E-state index in [2.05, 4.69) is 21.4 Å². The number of nitrogens with one attached hydrogen (secondary N) is 1. The molecule has 0 spiro atoms. The maximum Gasteiger partial charge on any atom is 0.317 e. The Kier molecular flexibility index (Phi) is 4.71. The van der Waals surface area contributed by atoms with Crippen molar-refractivity contribution < 1.29 is 14.1 Å². The summed E-state index contributed by atoms with van der Waals surface area (Å²) in [6.45, 7) is 5.38. The Morgan fingerprint density at radius 2 is 2.08 bits per heavy atom. The summed E-state index contributed by atoms with van der Waals surface area (Å²) in [6.07, 6.45) is 4.60. The minimum absolute atomic E-state index is 0.0441. The summed E-state index contributed by atoms with van der Waals surface area (Å²) in [5.41, 5.74) is 1.01. The number of likely N-dealkylation sites (tertiary alicyclic amines) is 1. The van der Waals surface area contributed by atoms with Crippen molar-refractivity contribution in [1.29, 1.82) is 0 Å². The summed E-state index contributed by atoms with van der Waals surface area (Å²) in [7, 11) is 0. The van der Waals surface area contributed by atoms with Gasteiger partial charge in [0, 0.05) is 44.2 Å². The van der Waals surface area contributed by atoms with Crippen LogP contribution in [0.25, 0.3) is 0 Å². The van der Waals surface area contributed by atoms with Crippen molar-refractivity contribution >= 4 is 6.03 Å². The van der Waals surface area contributed by atoms with E-state index in [-0.39, 0.29) is 12.1 Å². The third-order valence-corrected chi connectivity index (χ3v) is 5.07. The van der Waals surface area contributed by atoms with Crippen LogP contribution in [0.2, 0.25) is 0 Å². The predicted octanol–water partition coefficient (Wildman–Crippen LogP) is 1.56. The van der Waals surface area contributed by atoms with Crippen LogP contribution in [0.1, 0.15) is 43.1 Å². The van der Waals surface area contributed by atoms with Crippen LogP contribution in [-0.2, 0) is 11.3 Å². The van der Waals surface area contributed by atoms with E-state index in [4.69, 9.17) is 9.26 Å². The van der Waals surface area contributed by atoms with Crippen molar-refractivity contribution in [2.45, 2.75) is 44.2 Å². The van der Waals surface area contributed by atoms with Gasteiger partial charge in [0.2, 0.25) is 0 Å². The van der Waals surface area contributed by atoms with E-state index in [1.807, 2.05) is 4.90 Å². The third-order valence-electron chi connectivity index (χ3n) is 5.07. The Bertz CT molecular complexity index is 566. The molecule has 1 aromatic heterocycles. The number of morpholine rings is 1. The van der Waals surface area contributed by atoms with Gasteiger partial charge >= 0.3 is 6.03 Å². The SMILES string of the molecule is O=C(NC1CCCN(Cc2cc(C3CC3)on2)C1)N1CCOCC1. The number of hydrogen-bond acceptors (Lipinski definition) is 5. The molecule has 7 heteroatoms. The maximum absolute atomic E-state index is 12.3. The van der Waals surface area contributed by atoms with Crippen LogP contribution in [-0.4, -0.2) is 66.4 Å². The molecule has 1 unspecified atom stereocenters. The molecule has 1 saturated carbocycles. The second kappa shape index (κ2) is 7.11. The molecule has 24 heavy (non-hydrogen) atoms. The molecule has 0 aromatic carbocycles. The summed E-state index contributed by atoms with van der Waals surface area (Å²) in [5, 5.41) is 7.39. The Balaban J connectivity index is 1.27. The zero-order valence-electron chi connectivity index (χ0n) is 14.1. The Morgan fingerprint density at radius 3 is 2.88 bits per heavy atom. The normalized spacial score (nSPS) is 25.7. The van der Waals surface area contributed by atoms with Crippen LogP contribution in [0, 0.1) is 0 Å². The molecule has 3 fully saturated rings. The van der Waals surface area contributed by atoms with Crippen LogP contribution < -0.4 is 5.32 Å². The molecule has 2 saturated heterocycles. The molecule has 2 amide bonds. The van der Waals surface area contributed by atoms with Gasteiger partial charge in [-0.25, -0.2) is 4.79 Å². The molecule has 3 aliphatic rings. The van der Waals surface area contributed by atoms with Crippen molar-refractivity contribution in [2.24, 2.45) is 0 Å². The standard InChI is InChI=1S/C17H26N4O3/c22-17(21-6-8-23-9-7-21)18-14-2-1-5-20(11-14)12-15-10-16(24-19-15)13-3-4-13/h10,13-14H,1-9,11-12H2,(H,18,22). The lowest BCUT2D eigenvalue weighted by Crippen LogP contribution is -2.53. The molecular weight excluding hydrogens is 308 g/mol. The van der Waals surface area contributed by atoms with Gasteiger partial charge in [0.05, 0.1) is 18.9 Å². The number of aromatic nitrogens is 1. The molecular formula is C17H26N4O3. The molecule has 0 bridgehead atoms. The summed E-state index contributed by atoms with van der Waals surface area (Å²) in [5.74, 6) is 1.65. The van der Waals surface area contributed by atoms with Crippen LogP contribution in [0.4, 0.5) is 4.79 Å². The van der Waals surface area contributed by atoms with E-state index in [1.165, 1.54) is 12.8 Å². The summed E-state index contributed by atoms with van der Waals surface area (Å²) in [4.78, 5) is 16.5. The predicted molar refractivity (Wildman–Crippen MR) is 87.7 cm³/mol. The highest BCUT2D eigenvalue weighted by Gasteiger charge is 2.29. The van der Waals surface area contributed by atoms with Gasteiger partial charge in [-0.3, -0.25) is 4.90 Å². The quantitative estimate of drug-likeness (QED) is 0.905. The zero-order valence-corrected chi connectivity index (χ0v) is 14.1. The average molecular weight is 334 g/mol. The average Bonchev–Trinajstić information content (AvgIpc) is 3.36. The highest BCUT2D eigenvalue weighted by Crippen LogP contribution is 2.40. The fourth-order valence-electron chi connectivity index (χ4n) is 3.54. The lowest BCUT2D eigenvalue weighted by Gasteiger charge is -2.34. The van der Waals surface area contributed by atoms with Crippen molar-refractivity contribution in [1.82, 2.24) is 20.3 Å². The lowest BCUT2D eigenvalue weighted by molar-refractivity contribution is 0.0513. The fourth-order valence-corrected chi connectivity index (χ4v) is 3.54. The molecule has 1 aliphatic carbocycles. The highest BCUT2D eigenvalue weighted by molar-refractivity contribution is 5.74. The van der Waals surface area contributed by atoms with Gasteiger partial charge in [-0.05, 0) is 32.2 Å². The number of ether oxygens (including phenoxy) is 1. The lowest BCUT2D eigenvalue weighted by atomic mass is 10.1. The van der Waals surface area contributed by atoms with Crippen molar-refractivity contribution in [3.05, 3.63) is 17.5 Å². The third kappa shape index (κ3) is 3.89. The number of urea groups is 1. The van der Waals surface area contributed by atoms with Crippen molar-refractivity contribution in [3.8, 4) is 0 Å². The zero-order chi connectivity index (χ0) is 16.4. The first-order valence-corrected chi connectivity index (χ1v) is 9.09. The van der Waals surface area contributed by atoms with Gasteiger partial charge in [-0.15, -0.1) is 0 Å². The number of nitrogens with zero attached hydrogens (tertiary/aromatic N) is 3. The topological polar surface area (TPSA) is 70.8 Å². The van der Waals surface area contributed by atoms with E-state index in [1.54, 1.807) is 0 Å². The van der Waals surface area contributed by atoms with E-state index in [0.717, 1.165) is 43.9 Å². The van der Waals surface area contributed by atoms with Gasteiger partial charge < -0.3 is 19.5 Å². The first kappa shape index (κ1) is 15.9. The first-order valence-electron chi connectivity index (χ1n) is 9.09. The molecule has 2 aliphatic heterocycles. The smallest absolute Gasteiger partial charge is 0.317 e. The van der Waals surface area contributed by atoms with Crippen LogP contribution >= 0.6 is 0 Å². The first-order chi connectivity index (χ1) is 11.8. The summed E-state index contributed by atoms with van der Waals surface area (Å²) < 4.78 is 10.7. The van der Waals surface area contributed by atoms with Crippen molar-refractivity contribution in [2.75, 3.05) is 39.4 Å². The number of hydrogen-bond donors (Lipinski definition) is 1. The second-order valence-electron chi connectivity index (χ2n) is 7.12. The van der Waals surface area contributed by atoms with E-state index >= 15 is 0 Å². The van der Waals surface area contributed by atoms with Crippen molar-refractivity contribution in [3.63, 3.8) is 0 Å². The highest BCUT2D eigenvalue weighted by atomic mass is 16.5. The van der Waals surface area contributed by atoms with Gasteiger partial charge in [0.25, 0.3) is 0 Å². The summed E-state index contributed by atoms with van der Waals surface area (Å²) in [6, 6.07) is 2.36. The van der Waals surface area contributed by atoms with Crippen LogP contribution in [0.3, 0.4) is 0 Å². The molecule has 4 rings (SSSR count). The molecule has 1 atom stereocenters. The van der Waals surface area contributed by atoms with Gasteiger partial charge in [0.15, 0.2) is 0 Å². The van der Waals surface area contributed by atoms with E-state index in [9.17, 15) is 4.79 Å². The van der Waals surface area contributed by atoms with Gasteiger partial charge in [0.1, 0.15) is 5.76 Å². The van der Waals surface area contributed by atoms with Gasteiger partial charge in [-0.1, -0.05) is 5.16 Å². The van der Waals surface area contributed by atoms with Crippen LogP contribution in [0.5, 0.6) is 0 Å². The number of rotatable bonds is 4. The Morgan fingerprint density at radius 1 is 1.25 bits per heavy atom. The number of carbonyl (C=O) groups excluding carboxylic acids is 1. The second-order valence-corrected chi connectivity index (χ2v) is 7.12. The minimum Gasteiger partial charge on any atom is -0.378 e. The molecule has 3 heterocycles. The number of amides is 2. The number of piperidine rings is 1. The molecule has 1 aromatic rings. The molecule has 0 radical (unpaired) electrons. The van der Waals surface area contributed by atoms with Gasteiger partial charge in [-0.2, -0.15) is 0 Å². The monoisotopic (exact) mass is 334 g/mol. The molecule has 132 valence electrons. The van der Waals surface area contributed by atoms with E-state index < -0.39 is 0 Å². The molecule has 1 N–H and O–H groups in total. The largest absolute Gasteiger partial charge is 0.378 e. The Labute approximate surface area is 142 Å². The number of carbonyl (C=O) groups is 1.